The van der Waals surface area contributed by atoms with E-state index in [4.69, 9.17) is 16.3 Å². The van der Waals surface area contributed by atoms with Crippen molar-refractivity contribution < 1.29 is 19.7 Å². The Morgan fingerprint density at radius 2 is 2.03 bits per heavy atom. The lowest BCUT2D eigenvalue weighted by Crippen LogP contribution is -2.41. The van der Waals surface area contributed by atoms with Crippen LogP contribution in [0.25, 0.3) is 22.6 Å². The van der Waals surface area contributed by atoms with Crippen molar-refractivity contribution >= 4 is 34.5 Å². The van der Waals surface area contributed by atoms with Gasteiger partial charge in [0.05, 0.1) is 18.6 Å². The highest BCUT2D eigenvalue weighted by Crippen LogP contribution is 2.33. The molecule has 0 saturated carbocycles. The van der Waals surface area contributed by atoms with Crippen molar-refractivity contribution in [2.24, 2.45) is 0 Å². The normalized spacial score (nSPS) is 21.8. The third kappa shape index (κ3) is 4.39. The third-order valence-electron chi connectivity index (χ3n) is 5.57. The van der Waals surface area contributed by atoms with Crippen molar-refractivity contribution in [2.45, 2.75) is 31.1 Å². The molecule has 0 aliphatic carbocycles. The lowest BCUT2D eigenvalue weighted by atomic mass is 10.1. The van der Waals surface area contributed by atoms with Crippen LogP contribution in [0, 0.1) is 0 Å². The topological polar surface area (TPSA) is 160 Å². The summed E-state index contributed by atoms with van der Waals surface area (Å²) in [4.78, 5) is 34.2. The average molecular weight is 497 g/mol. The number of halogens is 1. The number of anilines is 1. The third-order valence-corrected chi connectivity index (χ3v) is 5.78. The number of aliphatic hydroxyl groups excluding tert-OH is 2. The van der Waals surface area contributed by atoms with Gasteiger partial charge < -0.3 is 25.6 Å². The van der Waals surface area contributed by atoms with Gasteiger partial charge >= 0.3 is 0 Å². The lowest BCUT2D eigenvalue weighted by Gasteiger charge is -2.17. The molecule has 1 fully saturated rings. The fourth-order valence-corrected chi connectivity index (χ4v) is 4.00. The van der Waals surface area contributed by atoms with Crippen molar-refractivity contribution in [1.29, 1.82) is 0 Å². The second-order valence-corrected chi connectivity index (χ2v) is 8.20. The minimum atomic E-state index is -1.43. The SMILES string of the molecule is CNC(=O)[C@H]1O[C@@H](n2cnc3c(NCc4cccc(Cl)n4)nc(-c4cccnc4)nc32)[C@H](O)[C@@H]1O. The van der Waals surface area contributed by atoms with Gasteiger partial charge in [-0.25, -0.2) is 19.9 Å². The van der Waals surface area contributed by atoms with Crippen LogP contribution in [0.1, 0.15) is 11.9 Å². The van der Waals surface area contributed by atoms with Crippen LogP contribution in [-0.2, 0) is 16.1 Å². The first kappa shape index (κ1) is 23.1. The van der Waals surface area contributed by atoms with E-state index in [2.05, 4.69) is 35.6 Å². The van der Waals surface area contributed by atoms with Gasteiger partial charge in [-0.15, -0.1) is 0 Å². The molecule has 0 radical (unpaired) electrons. The molecule has 0 bridgehead atoms. The van der Waals surface area contributed by atoms with Crippen LogP contribution >= 0.6 is 11.6 Å². The van der Waals surface area contributed by atoms with E-state index in [0.29, 0.717) is 45.8 Å². The molecule has 0 unspecified atom stereocenters. The molecule has 1 aliphatic rings. The van der Waals surface area contributed by atoms with Crippen molar-refractivity contribution in [3.8, 4) is 11.4 Å². The maximum atomic E-state index is 12.1. The maximum Gasteiger partial charge on any atom is 0.251 e. The van der Waals surface area contributed by atoms with E-state index < -0.39 is 30.4 Å². The molecule has 4 aromatic heterocycles. The predicted octanol–water partition coefficient (Wildman–Crippen LogP) is 0.914. The smallest absolute Gasteiger partial charge is 0.251 e. The molecule has 180 valence electrons. The van der Waals surface area contributed by atoms with Crippen LogP contribution in [0.4, 0.5) is 5.82 Å². The zero-order valence-electron chi connectivity index (χ0n) is 18.4. The Morgan fingerprint density at radius 3 is 2.77 bits per heavy atom. The molecular weight excluding hydrogens is 476 g/mol. The Balaban J connectivity index is 1.57. The van der Waals surface area contributed by atoms with Crippen molar-refractivity contribution in [2.75, 3.05) is 12.4 Å². The number of hydrogen-bond acceptors (Lipinski definition) is 10. The van der Waals surface area contributed by atoms with Crippen molar-refractivity contribution in [3.05, 3.63) is 59.9 Å². The number of pyridine rings is 2. The van der Waals surface area contributed by atoms with E-state index in [1.807, 2.05) is 12.1 Å². The van der Waals surface area contributed by atoms with Crippen LogP contribution in [0.15, 0.2) is 49.1 Å². The minimum Gasteiger partial charge on any atom is -0.387 e. The number of amides is 1. The lowest BCUT2D eigenvalue weighted by molar-refractivity contribution is -0.137. The summed E-state index contributed by atoms with van der Waals surface area (Å²) in [7, 11) is 1.42. The van der Waals surface area contributed by atoms with E-state index in [1.54, 1.807) is 30.6 Å². The van der Waals surface area contributed by atoms with Gasteiger partial charge in [-0.3, -0.25) is 14.3 Å². The number of nitrogens with one attached hydrogen (secondary N) is 2. The number of nitrogens with zero attached hydrogens (tertiary/aromatic N) is 6. The summed E-state index contributed by atoms with van der Waals surface area (Å²) in [5.74, 6) is 0.209. The number of carbonyl (C=O) groups is 1. The fourth-order valence-electron chi connectivity index (χ4n) is 3.82. The van der Waals surface area contributed by atoms with Crippen LogP contribution in [0.2, 0.25) is 5.15 Å². The summed E-state index contributed by atoms with van der Waals surface area (Å²) in [5.41, 5.74) is 2.07. The average Bonchev–Trinajstić information content (AvgIpc) is 3.43. The monoisotopic (exact) mass is 496 g/mol. The number of aliphatic hydroxyl groups is 2. The first-order valence-corrected chi connectivity index (χ1v) is 11.1. The summed E-state index contributed by atoms with van der Waals surface area (Å²) in [6, 6.07) is 8.87. The summed E-state index contributed by atoms with van der Waals surface area (Å²) >= 11 is 6.00. The molecule has 1 aliphatic heterocycles. The highest BCUT2D eigenvalue weighted by atomic mass is 35.5. The Labute approximate surface area is 204 Å². The van der Waals surface area contributed by atoms with Crippen LogP contribution in [-0.4, -0.2) is 71.0 Å². The number of hydrogen-bond donors (Lipinski definition) is 4. The number of ether oxygens (including phenoxy) is 1. The molecule has 0 aromatic carbocycles. The van der Waals surface area contributed by atoms with Gasteiger partial charge in [0.2, 0.25) is 0 Å². The van der Waals surface area contributed by atoms with Gasteiger partial charge in [-0.2, -0.15) is 0 Å². The van der Waals surface area contributed by atoms with Gasteiger partial charge in [0.25, 0.3) is 5.91 Å². The molecule has 0 spiro atoms. The van der Waals surface area contributed by atoms with Gasteiger partial charge in [-0.1, -0.05) is 17.7 Å². The number of aromatic nitrogens is 6. The van der Waals surface area contributed by atoms with E-state index in [9.17, 15) is 15.0 Å². The highest BCUT2D eigenvalue weighted by molar-refractivity contribution is 6.29. The Morgan fingerprint density at radius 1 is 1.17 bits per heavy atom. The molecule has 4 atom stereocenters. The Hall–Kier alpha value is -3.71. The van der Waals surface area contributed by atoms with E-state index >= 15 is 0 Å². The summed E-state index contributed by atoms with van der Waals surface area (Å²) < 4.78 is 7.18. The molecule has 35 heavy (non-hydrogen) atoms. The first-order chi connectivity index (χ1) is 17.0. The van der Waals surface area contributed by atoms with Gasteiger partial charge in [0.1, 0.15) is 17.4 Å². The molecule has 5 rings (SSSR count). The second-order valence-electron chi connectivity index (χ2n) is 7.81. The molecule has 13 heteroatoms. The second kappa shape index (κ2) is 9.50. The fraction of sp³-hybridized carbons (Fsp3) is 0.273. The molecule has 4 aromatic rings. The summed E-state index contributed by atoms with van der Waals surface area (Å²) in [6.07, 6.45) is -0.486. The summed E-state index contributed by atoms with van der Waals surface area (Å²) in [5, 5.41) is 27.0. The van der Waals surface area contributed by atoms with Crippen molar-refractivity contribution in [3.63, 3.8) is 0 Å². The van der Waals surface area contributed by atoms with Gasteiger partial charge in [0, 0.05) is 25.0 Å². The number of imidazole rings is 1. The number of fused-ring (bicyclic) bond motifs is 1. The van der Waals surface area contributed by atoms with Crippen LogP contribution in [0.5, 0.6) is 0 Å². The quantitative estimate of drug-likeness (QED) is 0.282. The number of likely N-dealkylation sites (N-methyl/N-ethyl adjacent to an activating group) is 1. The molecular formula is C22H21ClN8O4. The van der Waals surface area contributed by atoms with E-state index in [1.165, 1.54) is 17.9 Å². The maximum absolute atomic E-state index is 12.1. The molecule has 4 N–H and O–H groups in total. The Kier molecular flexibility index (Phi) is 6.26. The van der Waals surface area contributed by atoms with Crippen molar-refractivity contribution in [1.82, 2.24) is 34.8 Å². The first-order valence-electron chi connectivity index (χ1n) is 10.7. The summed E-state index contributed by atoms with van der Waals surface area (Å²) in [6.45, 7) is 0.312. The minimum absolute atomic E-state index is 0.312. The van der Waals surface area contributed by atoms with E-state index in [0.717, 1.165) is 0 Å². The molecule has 5 heterocycles. The number of rotatable bonds is 6. The standard InChI is InChI=1S/C22H21ClN8O4/c1-24-21(34)17-15(32)16(33)22(35-17)31-10-27-14-19(26-9-12-5-2-6-13(23)28-12)29-18(30-20(14)31)11-4-3-7-25-8-11/h2-8,10,15-17,22,32-33H,9H2,1H3,(H,24,34)(H,26,29,30)/t15-,16+,17-,22+/m0/s1. The molecule has 1 saturated heterocycles. The van der Waals surface area contributed by atoms with E-state index in [-0.39, 0.29) is 0 Å². The Bertz CT molecular complexity index is 1370. The van der Waals surface area contributed by atoms with Crippen LogP contribution < -0.4 is 10.6 Å². The largest absolute Gasteiger partial charge is 0.387 e. The van der Waals surface area contributed by atoms with Gasteiger partial charge in [-0.05, 0) is 24.3 Å². The molecule has 12 nitrogen and oxygen atoms in total. The number of carbonyl (C=O) groups excluding carboxylic acids is 1. The zero-order valence-corrected chi connectivity index (χ0v) is 19.2. The highest BCUT2D eigenvalue weighted by Gasteiger charge is 2.47. The predicted molar refractivity (Wildman–Crippen MR) is 125 cm³/mol. The van der Waals surface area contributed by atoms with Gasteiger partial charge in [0.15, 0.2) is 35.1 Å². The molecule has 1 amide bonds. The zero-order chi connectivity index (χ0) is 24.5. The van der Waals surface area contributed by atoms with Crippen LogP contribution in [0.3, 0.4) is 0 Å².